The van der Waals surface area contributed by atoms with E-state index in [9.17, 15) is 31.9 Å². The fourth-order valence-corrected chi connectivity index (χ4v) is 4.55. The van der Waals surface area contributed by atoms with Crippen molar-refractivity contribution in [3.05, 3.63) is 72.1 Å². The summed E-state index contributed by atoms with van der Waals surface area (Å²) in [7, 11) is 3.19. The molecule has 3 aromatic rings. The zero-order chi connectivity index (χ0) is 30.8. The number of nitrogens with zero attached hydrogens (tertiary/aromatic N) is 4. The van der Waals surface area contributed by atoms with Gasteiger partial charge in [-0.1, -0.05) is 12.1 Å². The predicted molar refractivity (Wildman–Crippen MR) is 145 cm³/mol. The molecule has 1 aromatic heterocycles. The molecule has 0 fully saturated rings. The number of anilines is 2. The van der Waals surface area contributed by atoms with E-state index >= 15 is 0 Å². The third kappa shape index (κ3) is 7.17. The number of aryl methyl sites for hydroxylation is 1. The van der Waals surface area contributed by atoms with E-state index < -0.39 is 47.2 Å². The Morgan fingerprint density at radius 3 is 2.38 bits per heavy atom. The van der Waals surface area contributed by atoms with Gasteiger partial charge in [0.1, 0.15) is 29.0 Å². The molecule has 14 heteroatoms. The highest BCUT2D eigenvalue weighted by Crippen LogP contribution is 2.34. The Morgan fingerprint density at radius 1 is 1.07 bits per heavy atom. The van der Waals surface area contributed by atoms with Crippen LogP contribution in [0.5, 0.6) is 5.75 Å². The van der Waals surface area contributed by atoms with E-state index in [-0.39, 0.29) is 25.2 Å². The number of carbonyl (C=O) groups excluding carboxylic acids is 3. The maximum absolute atomic E-state index is 14.2. The van der Waals surface area contributed by atoms with Crippen LogP contribution in [-0.2, 0) is 34.4 Å². The second-order valence-corrected chi connectivity index (χ2v) is 10.4. The summed E-state index contributed by atoms with van der Waals surface area (Å²) >= 11 is 0. The highest BCUT2D eigenvalue weighted by Gasteiger charge is 2.37. The molecule has 2 N–H and O–H groups in total. The molecule has 1 atom stereocenters. The second kappa shape index (κ2) is 11.7. The highest BCUT2D eigenvalue weighted by atomic mass is 19.4. The minimum absolute atomic E-state index is 0.0500. The van der Waals surface area contributed by atoms with Crippen molar-refractivity contribution in [3.8, 4) is 5.75 Å². The zero-order valence-corrected chi connectivity index (χ0v) is 23.3. The van der Waals surface area contributed by atoms with Crippen molar-refractivity contribution in [2.75, 3.05) is 23.4 Å². The lowest BCUT2D eigenvalue weighted by Crippen LogP contribution is -2.60. The number of ether oxygens (including phenoxy) is 1. The van der Waals surface area contributed by atoms with Gasteiger partial charge in [0.05, 0.1) is 17.8 Å². The number of nitrogens with one attached hydrogen (secondary N) is 2. The molecule has 0 bridgehead atoms. The number of halogens is 4. The lowest BCUT2D eigenvalue weighted by atomic mass is 10.0. The maximum atomic E-state index is 14.2. The molecule has 10 nitrogen and oxygen atoms in total. The standard InChI is InChI=1S/C28H30F4N6O4/c1-27(2,35-24(39)14-23-33-11-12-36(23)3)26(41)34-20-16-38(15-17-5-8-19(9-6-17)42-28(30,31)32)21-10-7-18(29)13-22(21)37(4)25(20)40/h5-13,20H,14-16H2,1-4H3,(H,34,41)(H,35,39)/t20-/m1/s1. The van der Waals surface area contributed by atoms with Gasteiger partial charge < -0.3 is 29.7 Å². The summed E-state index contributed by atoms with van der Waals surface area (Å²) in [6.07, 6.45) is -1.66. The summed E-state index contributed by atoms with van der Waals surface area (Å²) in [5.74, 6) is -2.08. The van der Waals surface area contributed by atoms with Gasteiger partial charge in [0.2, 0.25) is 11.8 Å². The minimum atomic E-state index is -4.84. The third-order valence-electron chi connectivity index (χ3n) is 6.77. The van der Waals surface area contributed by atoms with Crippen molar-refractivity contribution in [1.82, 2.24) is 20.2 Å². The fraction of sp³-hybridized carbons (Fsp3) is 0.357. The first-order chi connectivity index (χ1) is 19.6. The first kappa shape index (κ1) is 30.3. The number of alkyl halides is 3. The van der Waals surface area contributed by atoms with E-state index in [1.807, 2.05) is 0 Å². The van der Waals surface area contributed by atoms with E-state index in [1.54, 1.807) is 28.9 Å². The SMILES string of the molecule is CN1C(=O)[C@H](NC(=O)C(C)(C)NC(=O)Cc2nccn2C)CN(Cc2ccc(OC(F)(F)F)cc2)c2ccc(F)cc21. The van der Waals surface area contributed by atoms with Crippen LogP contribution in [0.1, 0.15) is 25.2 Å². The summed E-state index contributed by atoms with van der Waals surface area (Å²) in [5, 5.41) is 5.37. The molecule has 1 aliphatic rings. The van der Waals surface area contributed by atoms with Gasteiger partial charge in [-0.05, 0) is 49.7 Å². The summed E-state index contributed by atoms with van der Waals surface area (Å²) in [6, 6.07) is 8.00. The summed E-state index contributed by atoms with van der Waals surface area (Å²) in [4.78, 5) is 46.5. The second-order valence-electron chi connectivity index (χ2n) is 10.4. The number of amides is 3. The lowest BCUT2D eigenvalue weighted by molar-refractivity contribution is -0.274. The number of rotatable bonds is 8. The van der Waals surface area contributed by atoms with Crippen molar-refractivity contribution < 1.29 is 36.7 Å². The van der Waals surface area contributed by atoms with Crippen molar-refractivity contribution in [2.24, 2.45) is 7.05 Å². The number of carbonyl (C=O) groups is 3. The zero-order valence-electron chi connectivity index (χ0n) is 23.3. The average molecular weight is 591 g/mol. The quantitative estimate of drug-likeness (QED) is 0.391. The van der Waals surface area contributed by atoms with Crippen LogP contribution < -0.4 is 25.2 Å². The van der Waals surface area contributed by atoms with E-state index in [2.05, 4.69) is 20.4 Å². The molecule has 1 aliphatic heterocycles. The Bertz CT molecular complexity index is 1470. The normalized spacial score (nSPS) is 15.6. The minimum Gasteiger partial charge on any atom is -0.406 e. The van der Waals surface area contributed by atoms with Gasteiger partial charge in [0.15, 0.2) is 0 Å². The third-order valence-corrected chi connectivity index (χ3v) is 6.77. The van der Waals surface area contributed by atoms with Crippen molar-refractivity contribution in [3.63, 3.8) is 0 Å². The molecular weight excluding hydrogens is 560 g/mol. The van der Waals surface area contributed by atoms with Gasteiger partial charge in [-0.3, -0.25) is 14.4 Å². The molecule has 0 aliphatic carbocycles. The van der Waals surface area contributed by atoms with Crippen LogP contribution in [0.3, 0.4) is 0 Å². The Hall–Kier alpha value is -4.62. The Kier molecular flexibility index (Phi) is 8.45. The molecule has 0 radical (unpaired) electrons. The smallest absolute Gasteiger partial charge is 0.406 e. The number of aromatic nitrogens is 2. The molecule has 0 saturated carbocycles. The first-order valence-electron chi connectivity index (χ1n) is 12.9. The molecule has 2 aromatic carbocycles. The van der Waals surface area contributed by atoms with Gasteiger partial charge in [0.25, 0.3) is 5.91 Å². The van der Waals surface area contributed by atoms with Crippen molar-refractivity contribution in [2.45, 2.75) is 44.8 Å². The fourth-order valence-electron chi connectivity index (χ4n) is 4.55. The largest absolute Gasteiger partial charge is 0.573 e. The summed E-state index contributed by atoms with van der Waals surface area (Å²) < 4.78 is 57.6. The Labute approximate surface area is 239 Å². The predicted octanol–water partition coefficient (Wildman–Crippen LogP) is 3.06. The van der Waals surface area contributed by atoms with E-state index in [1.165, 1.54) is 68.3 Å². The maximum Gasteiger partial charge on any atom is 0.573 e. The van der Waals surface area contributed by atoms with Crippen molar-refractivity contribution in [1.29, 1.82) is 0 Å². The number of hydrogen-bond acceptors (Lipinski definition) is 6. The molecule has 0 saturated heterocycles. The molecule has 0 spiro atoms. The van der Waals surface area contributed by atoms with E-state index in [0.717, 1.165) is 0 Å². The van der Waals surface area contributed by atoms with Gasteiger partial charge in [-0.2, -0.15) is 0 Å². The van der Waals surface area contributed by atoms with Crippen LogP contribution in [0, 0.1) is 5.82 Å². The summed E-state index contributed by atoms with van der Waals surface area (Å²) in [6.45, 7) is 3.06. The topological polar surface area (TPSA) is 109 Å². The van der Waals surface area contributed by atoms with Crippen LogP contribution in [0.2, 0.25) is 0 Å². The first-order valence-corrected chi connectivity index (χ1v) is 12.9. The molecule has 224 valence electrons. The molecule has 3 amide bonds. The summed E-state index contributed by atoms with van der Waals surface area (Å²) in [5.41, 5.74) is -0.117. The van der Waals surface area contributed by atoms with Gasteiger partial charge >= 0.3 is 6.36 Å². The Balaban J connectivity index is 1.54. The van der Waals surface area contributed by atoms with Crippen LogP contribution >= 0.6 is 0 Å². The monoisotopic (exact) mass is 590 g/mol. The van der Waals surface area contributed by atoms with Crippen molar-refractivity contribution >= 4 is 29.1 Å². The lowest BCUT2D eigenvalue weighted by Gasteiger charge is -2.30. The molecule has 42 heavy (non-hydrogen) atoms. The highest BCUT2D eigenvalue weighted by molar-refractivity contribution is 6.04. The number of hydrogen-bond donors (Lipinski definition) is 2. The molecule has 2 heterocycles. The van der Waals surface area contributed by atoms with Crippen LogP contribution in [0.25, 0.3) is 0 Å². The number of imidazole rings is 1. The molecular formula is C28H30F4N6O4. The number of benzene rings is 2. The Morgan fingerprint density at radius 2 is 1.76 bits per heavy atom. The van der Waals surface area contributed by atoms with Gasteiger partial charge in [-0.15, -0.1) is 13.2 Å². The number of likely N-dealkylation sites (N-methyl/N-ethyl adjacent to an activating group) is 1. The van der Waals surface area contributed by atoms with Gasteiger partial charge in [-0.25, -0.2) is 9.37 Å². The molecule has 0 unspecified atom stereocenters. The van der Waals surface area contributed by atoms with Crippen LogP contribution in [-0.4, -0.2) is 58.8 Å². The van der Waals surface area contributed by atoms with Crippen LogP contribution in [0.4, 0.5) is 28.9 Å². The van der Waals surface area contributed by atoms with E-state index in [0.29, 0.717) is 17.1 Å². The van der Waals surface area contributed by atoms with E-state index in [4.69, 9.17) is 0 Å². The van der Waals surface area contributed by atoms with Crippen LogP contribution in [0.15, 0.2) is 54.9 Å². The number of fused-ring (bicyclic) bond motifs is 1. The van der Waals surface area contributed by atoms with Gasteiger partial charge in [0, 0.05) is 39.6 Å². The molecule has 4 rings (SSSR count). The average Bonchev–Trinajstić information content (AvgIpc) is 3.26.